The van der Waals surface area contributed by atoms with Crippen LogP contribution in [0.3, 0.4) is 0 Å². The van der Waals surface area contributed by atoms with Crippen molar-refractivity contribution in [2.24, 2.45) is 0 Å². The summed E-state index contributed by atoms with van der Waals surface area (Å²) in [5, 5.41) is 5.62. The van der Waals surface area contributed by atoms with Crippen molar-refractivity contribution >= 4 is 11.8 Å². The highest BCUT2D eigenvalue weighted by molar-refractivity contribution is 5.78. The first-order valence-corrected chi connectivity index (χ1v) is 7.09. The third-order valence-corrected chi connectivity index (χ3v) is 2.35. The van der Waals surface area contributed by atoms with E-state index in [9.17, 15) is 9.59 Å². The van der Waals surface area contributed by atoms with Gasteiger partial charge < -0.3 is 15.4 Å². The molecule has 0 unspecified atom stereocenters. The second-order valence-corrected chi connectivity index (χ2v) is 5.20. The van der Waals surface area contributed by atoms with Crippen LogP contribution in [0.4, 0.5) is 0 Å². The quantitative estimate of drug-likeness (QED) is 0.594. The molecule has 0 atom stereocenters. The first-order valence-electron chi connectivity index (χ1n) is 7.09. The largest absolute Gasteiger partial charge is 0.379 e. The summed E-state index contributed by atoms with van der Waals surface area (Å²) in [5.41, 5.74) is 0. The first kappa shape index (κ1) is 17.9. The highest BCUT2D eigenvalue weighted by Crippen LogP contribution is 1.96. The molecule has 0 saturated carbocycles. The number of rotatable bonds is 10. The average molecular weight is 272 g/mol. The Morgan fingerprint density at radius 3 is 2.21 bits per heavy atom. The summed E-state index contributed by atoms with van der Waals surface area (Å²) in [5.74, 6) is 0.00928. The van der Waals surface area contributed by atoms with E-state index in [1.54, 1.807) is 0 Å². The summed E-state index contributed by atoms with van der Waals surface area (Å²) in [4.78, 5) is 22.8. The van der Waals surface area contributed by atoms with E-state index in [0.29, 0.717) is 32.4 Å². The normalized spacial score (nSPS) is 10.8. The zero-order valence-corrected chi connectivity index (χ0v) is 12.6. The van der Waals surface area contributed by atoms with Gasteiger partial charge in [-0.15, -0.1) is 0 Å². The third kappa shape index (κ3) is 13.1. The summed E-state index contributed by atoms with van der Waals surface area (Å²) in [6.07, 6.45) is 2.44. The molecular formula is C14H28N2O3. The number of carbonyl (C=O) groups is 2. The topological polar surface area (TPSA) is 67.4 Å². The molecule has 2 amide bonds. The van der Waals surface area contributed by atoms with Crippen LogP contribution < -0.4 is 10.6 Å². The molecule has 0 aliphatic heterocycles. The van der Waals surface area contributed by atoms with Gasteiger partial charge in [0.05, 0.1) is 6.10 Å². The van der Waals surface area contributed by atoms with Gasteiger partial charge in [-0.05, 0) is 40.5 Å². The Kier molecular flexibility index (Phi) is 10.2. The van der Waals surface area contributed by atoms with E-state index in [4.69, 9.17) is 4.74 Å². The van der Waals surface area contributed by atoms with Gasteiger partial charge in [-0.1, -0.05) is 0 Å². The fourth-order valence-electron chi connectivity index (χ4n) is 1.51. The lowest BCUT2D eigenvalue weighted by Crippen LogP contribution is -2.30. The summed E-state index contributed by atoms with van der Waals surface area (Å²) in [7, 11) is 0. The van der Waals surface area contributed by atoms with Crippen molar-refractivity contribution in [2.75, 3.05) is 13.2 Å². The van der Waals surface area contributed by atoms with Gasteiger partial charge in [0, 0.05) is 32.0 Å². The van der Waals surface area contributed by atoms with E-state index < -0.39 is 0 Å². The van der Waals surface area contributed by atoms with E-state index >= 15 is 0 Å². The van der Waals surface area contributed by atoms with E-state index in [0.717, 1.165) is 6.42 Å². The predicted octanol–water partition coefficient (Wildman–Crippen LogP) is 1.61. The monoisotopic (exact) mass is 272 g/mol. The number of ether oxygens (including phenoxy) is 1. The smallest absolute Gasteiger partial charge is 0.220 e. The van der Waals surface area contributed by atoms with Crippen molar-refractivity contribution in [1.29, 1.82) is 0 Å². The van der Waals surface area contributed by atoms with Gasteiger partial charge in [-0.25, -0.2) is 0 Å². The van der Waals surface area contributed by atoms with Crippen LogP contribution in [-0.4, -0.2) is 37.1 Å². The Hall–Kier alpha value is -1.10. The van der Waals surface area contributed by atoms with Crippen molar-refractivity contribution in [1.82, 2.24) is 10.6 Å². The molecular weight excluding hydrogens is 244 g/mol. The number of hydrogen-bond donors (Lipinski definition) is 2. The van der Waals surface area contributed by atoms with Gasteiger partial charge >= 0.3 is 0 Å². The highest BCUT2D eigenvalue weighted by Gasteiger charge is 2.05. The SMILES string of the molecule is CC(C)NC(=O)CCCC(=O)NCCCOC(C)C. The average Bonchev–Trinajstić information content (AvgIpc) is 2.27. The zero-order valence-electron chi connectivity index (χ0n) is 12.6. The molecule has 5 heteroatoms. The summed E-state index contributed by atoms with van der Waals surface area (Å²) < 4.78 is 5.37. The van der Waals surface area contributed by atoms with E-state index in [1.165, 1.54) is 0 Å². The molecule has 0 saturated heterocycles. The Morgan fingerprint density at radius 1 is 1.00 bits per heavy atom. The van der Waals surface area contributed by atoms with Crippen LogP contribution in [0.1, 0.15) is 53.4 Å². The van der Waals surface area contributed by atoms with Crippen LogP contribution in [0.25, 0.3) is 0 Å². The van der Waals surface area contributed by atoms with Gasteiger partial charge in [-0.2, -0.15) is 0 Å². The van der Waals surface area contributed by atoms with Crippen LogP contribution >= 0.6 is 0 Å². The van der Waals surface area contributed by atoms with Crippen LogP contribution in [0.2, 0.25) is 0 Å². The van der Waals surface area contributed by atoms with E-state index in [2.05, 4.69) is 10.6 Å². The van der Waals surface area contributed by atoms with Crippen LogP contribution in [0.15, 0.2) is 0 Å². The second-order valence-electron chi connectivity index (χ2n) is 5.20. The lowest BCUT2D eigenvalue weighted by Gasteiger charge is -2.09. The van der Waals surface area contributed by atoms with Gasteiger partial charge in [0.2, 0.25) is 11.8 Å². The Morgan fingerprint density at radius 2 is 1.63 bits per heavy atom. The molecule has 0 fully saturated rings. The molecule has 19 heavy (non-hydrogen) atoms. The first-order chi connectivity index (χ1) is 8.91. The minimum absolute atomic E-state index is 0.00175. The fourth-order valence-corrected chi connectivity index (χ4v) is 1.51. The van der Waals surface area contributed by atoms with Crippen LogP contribution in [0, 0.1) is 0 Å². The van der Waals surface area contributed by atoms with Crippen LogP contribution in [0.5, 0.6) is 0 Å². The molecule has 5 nitrogen and oxygen atoms in total. The Bertz CT molecular complexity index is 265. The van der Waals surface area contributed by atoms with E-state index in [-0.39, 0.29) is 24.0 Å². The van der Waals surface area contributed by atoms with Crippen molar-refractivity contribution < 1.29 is 14.3 Å². The summed E-state index contributed by atoms with van der Waals surface area (Å²) >= 11 is 0. The molecule has 112 valence electrons. The molecule has 0 spiro atoms. The molecule has 2 N–H and O–H groups in total. The van der Waals surface area contributed by atoms with Gasteiger partial charge in [-0.3, -0.25) is 9.59 Å². The Labute approximate surface area is 116 Å². The van der Waals surface area contributed by atoms with Gasteiger partial charge in [0.15, 0.2) is 0 Å². The summed E-state index contributed by atoms with van der Waals surface area (Å²) in [6.45, 7) is 9.10. The molecule has 0 aliphatic rings. The molecule has 0 bridgehead atoms. The number of nitrogens with one attached hydrogen (secondary N) is 2. The molecule has 0 rings (SSSR count). The number of hydrogen-bond acceptors (Lipinski definition) is 3. The molecule has 0 radical (unpaired) electrons. The van der Waals surface area contributed by atoms with Gasteiger partial charge in [0.1, 0.15) is 0 Å². The molecule has 0 heterocycles. The minimum Gasteiger partial charge on any atom is -0.379 e. The van der Waals surface area contributed by atoms with Crippen LogP contribution in [-0.2, 0) is 14.3 Å². The highest BCUT2D eigenvalue weighted by atomic mass is 16.5. The fraction of sp³-hybridized carbons (Fsp3) is 0.857. The molecule has 0 aromatic rings. The van der Waals surface area contributed by atoms with Crippen molar-refractivity contribution in [3.8, 4) is 0 Å². The predicted molar refractivity (Wildman–Crippen MR) is 75.8 cm³/mol. The number of amides is 2. The minimum atomic E-state index is 0.00175. The maximum atomic E-state index is 11.5. The van der Waals surface area contributed by atoms with Gasteiger partial charge in [0.25, 0.3) is 0 Å². The zero-order chi connectivity index (χ0) is 14.7. The maximum Gasteiger partial charge on any atom is 0.220 e. The van der Waals surface area contributed by atoms with Crippen molar-refractivity contribution in [3.05, 3.63) is 0 Å². The Balaban J connectivity index is 3.42. The van der Waals surface area contributed by atoms with Crippen molar-refractivity contribution in [3.63, 3.8) is 0 Å². The lowest BCUT2D eigenvalue weighted by atomic mass is 10.2. The lowest BCUT2D eigenvalue weighted by molar-refractivity contribution is -0.122. The second kappa shape index (κ2) is 10.8. The van der Waals surface area contributed by atoms with E-state index in [1.807, 2.05) is 27.7 Å². The molecule has 0 aromatic carbocycles. The summed E-state index contributed by atoms with van der Waals surface area (Å²) in [6, 6.07) is 0.155. The molecule has 0 aromatic heterocycles. The standard InChI is InChI=1S/C14H28N2O3/c1-11(2)16-14(18)8-5-7-13(17)15-9-6-10-19-12(3)4/h11-12H,5-10H2,1-4H3,(H,15,17)(H,16,18). The number of carbonyl (C=O) groups excluding carboxylic acids is 2. The molecule has 0 aliphatic carbocycles. The third-order valence-electron chi connectivity index (χ3n) is 2.35. The van der Waals surface area contributed by atoms with Crippen molar-refractivity contribution in [2.45, 2.75) is 65.5 Å². The maximum absolute atomic E-state index is 11.5.